The van der Waals surface area contributed by atoms with Crippen molar-refractivity contribution in [3.8, 4) is 0 Å². The van der Waals surface area contributed by atoms with Crippen molar-refractivity contribution in [2.45, 2.75) is 32.0 Å². The largest absolute Gasteiger partial charge is 0.406 e. The van der Waals surface area contributed by atoms with E-state index >= 15 is 0 Å². The fourth-order valence-corrected chi connectivity index (χ4v) is 1.58. The van der Waals surface area contributed by atoms with Crippen molar-refractivity contribution in [2.75, 3.05) is 13.2 Å². The average molecular weight is 225 g/mol. The molecule has 15 heavy (non-hydrogen) atoms. The Kier molecular flexibility index (Phi) is 3.59. The van der Waals surface area contributed by atoms with Gasteiger partial charge in [0, 0.05) is 6.04 Å². The van der Waals surface area contributed by atoms with Crippen LogP contribution < -0.4 is 0 Å². The third-order valence-corrected chi connectivity index (χ3v) is 2.60. The van der Waals surface area contributed by atoms with Crippen LogP contribution in [0.1, 0.15) is 19.8 Å². The minimum atomic E-state index is -4.41. The van der Waals surface area contributed by atoms with E-state index in [2.05, 4.69) is 0 Å². The lowest BCUT2D eigenvalue weighted by Crippen LogP contribution is -2.46. The standard InChI is InChI=1S/C9H14F3NO2/c1-6(7-2-3-7)13(8(15)4-14)5-9(10,11)12/h6-7,14H,2-5H2,1H3. The zero-order valence-electron chi connectivity index (χ0n) is 8.42. The van der Waals surface area contributed by atoms with Crippen molar-refractivity contribution in [3.05, 3.63) is 0 Å². The van der Waals surface area contributed by atoms with Crippen molar-refractivity contribution in [2.24, 2.45) is 5.92 Å². The Morgan fingerprint density at radius 1 is 1.53 bits per heavy atom. The SMILES string of the molecule is CC(C1CC1)N(CC(F)(F)F)C(=O)CO. The van der Waals surface area contributed by atoms with Gasteiger partial charge in [0.05, 0.1) is 0 Å². The maximum absolute atomic E-state index is 12.2. The average Bonchev–Trinajstić information content (AvgIpc) is 2.93. The summed E-state index contributed by atoms with van der Waals surface area (Å²) >= 11 is 0. The summed E-state index contributed by atoms with van der Waals surface area (Å²) in [4.78, 5) is 11.9. The van der Waals surface area contributed by atoms with Gasteiger partial charge < -0.3 is 10.0 Å². The molecule has 0 aliphatic heterocycles. The molecule has 0 spiro atoms. The maximum atomic E-state index is 12.2. The predicted molar refractivity (Wildman–Crippen MR) is 47.0 cm³/mol. The third kappa shape index (κ3) is 3.70. The summed E-state index contributed by atoms with van der Waals surface area (Å²) < 4.78 is 36.5. The van der Waals surface area contributed by atoms with Crippen molar-refractivity contribution < 1.29 is 23.1 Å². The van der Waals surface area contributed by atoms with Gasteiger partial charge in [0.2, 0.25) is 5.91 Å². The molecule has 0 bridgehead atoms. The van der Waals surface area contributed by atoms with Gasteiger partial charge in [-0.15, -0.1) is 0 Å². The summed E-state index contributed by atoms with van der Waals surface area (Å²) in [6.07, 6.45) is -2.70. The van der Waals surface area contributed by atoms with Crippen LogP contribution in [0.5, 0.6) is 0 Å². The lowest BCUT2D eigenvalue weighted by atomic mass is 10.2. The normalized spacial score (nSPS) is 18.7. The summed E-state index contributed by atoms with van der Waals surface area (Å²) in [5.41, 5.74) is 0. The number of carbonyl (C=O) groups is 1. The molecule has 0 aromatic carbocycles. The number of carbonyl (C=O) groups excluding carboxylic acids is 1. The van der Waals surface area contributed by atoms with Crippen LogP contribution in [0.3, 0.4) is 0 Å². The highest BCUT2D eigenvalue weighted by atomic mass is 19.4. The molecule has 0 saturated heterocycles. The van der Waals surface area contributed by atoms with Gasteiger partial charge in [0.1, 0.15) is 13.2 Å². The van der Waals surface area contributed by atoms with Gasteiger partial charge >= 0.3 is 6.18 Å². The molecular formula is C9H14F3NO2. The molecular weight excluding hydrogens is 211 g/mol. The first-order chi connectivity index (χ1) is 6.85. The molecule has 0 aromatic heterocycles. The highest BCUT2D eigenvalue weighted by Gasteiger charge is 2.40. The predicted octanol–water partition coefficient (Wildman–Crippen LogP) is 1.17. The quantitative estimate of drug-likeness (QED) is 0.780. The van der Waals surface area contributed by atoms with Crippen LogP contribution in [0.15, 0.2) is 0 Å². The van der Waals surface area contributed by atoms with Gasteiger partial charge in [-0.2, -0.15) is 13.2 Å². The molecule has 1 atom stereocenters. The molecule has 1 amide bonds. The Morgan fingerprint density at radius 2 is 2.07 bits per heavy atom. The Morgan fingerprint density at radius 3 is 2.40 bits per heavy atom. The molecule has 1 fully saturated rings. The summed E-state index contributed by atoms with van der Waals surface area (Å²) in [5, 5.41) is 8.59. The van der Waals surface area contributed by atoms with Gasteiger partial charge in [-0.3, -0.25) is 4.79 Å². The van der Waals surface area contributed by atoms with Crippen molar-refractivity contribution in [3.63, 3.8) is 0 Å². The lowest BCUT2D eigenvalue weighted by molar-refractivity contribution is -0.167. The van der Waals surface area contributed by atoms with E-state index in [4.69, 9.17) is 5.11 Å². The third-order valence-electron chi connectivity index (χ3n) is 2.60. The van der Waals surface area contributed by atoms with Crippen LogP contribution in [0.25, 0.3) is 0 Å². The van der Waals surface area contributed by atoms with E-state index < -0.39 is 31.3 Å². The van der Waals surface area contributed by atoms with Crippen LogP contribution in [-0.2, 0) is 4.79 Å². The Hall–Kier alpha value is -0.780. The minimum absolute atomic E-state index is 0.155. The van der Waals surface area contributed by atoms with E-state index in [1.54, 1.807) is 6.92 Å². The Bertz CT molecular complexity index is 238. The molecule has 1 N–H and O–H groups in total. The van der Waals surface area contributed by atoms with E-state index in [9.17, 15) is 18.0 Å². The second kappa shape index (κ2) is 4.38. The van der Waals surface area contributed by atoms with Crippen LogP contribution in [0.4, 0.5) is 13.2 Å². The molecule has 0 radical (unpaired) electrons. The first-order valence-electron chi connectivity index (χ1n) is 4.82. The highest BCUT2D eigenvalue weighted by molar-refractivity contribution is 5.77. The molecule has 6 heteroatoms. The van der Waals surface area contributed by atoms with Gasteiger partial charge in [-0.25, -0.2) is 0 Å². The zero-order valence-corrected chi connectivity index (χ0v) is 8.42. The minimum Gasteiger partial charge on any atom is -0.387 e. The van der Waals surface area contributed by atoms with Crippen LogP contribution in [-0.4, -0.2) is 41.3 Å². The maximum Gasteiger partial charge on any atom is 0.406 e. The molecule has 0 heterocycles. The van der Waals surface area contributed by atoms with E-state index in [1.165, 1.54) is 0 Å². The molecule has 1 aliphatic carbocycles. The van der Waals surface area contributed by atoms with Gasteiger partial charge in [0.25, 0.3) is 0 Å². The number of hydrogen-bond acceptors (Lipinski definition) is 2. The molecule has 1 unspecified atom stereocenters. The van der Waals surface area contributed by atoms with E-state index in [-0.39, 0.29) is 5.92 Å². The Labute approximate surface area is 85.9 Å². The molecule has 1 aliphatic rings. The number of nitrogens with zero attached hydrogens (tertiary/aromatic N) is 1. The second-order valence-electron chi connectivity index (χ2n) is 3.87. The molecule has 0 aromatic rings. The second-order valence-corrected chi connectivity index (χ2v) is 3.87. The Balaban J connectivity index is 2.63. The van der Waals surface area contributed by atoms with Crippen LogP contribution in [0, 0.1) is 5.92 Å². The smallest absolute Gasteiger partial charge is 0.387 e. The van der Waals surface area contributed by atoms with Crippen molar-refractivity contribution in [1.29, 1.82) is 0 Å². The summed E-state index contributed by atoms with van der Waals surface area (Å²) in [7, 11) is 0. The monoisotopic (exact) mass is 225 g/mol. The van der Waals surface area contributed by atoms with Crippen molar-refractivity contribution >= 4 is 5.91 Å². The molecule has 88 valence electrons. The van der Waals surface area contributed by atoms with Crippen LogP contribution in [0.2, 0.25) is 0 Å². The number of hydrogen-bond donors (Lipinski definition) is 1. The number of aliphatic hydroxyl groups excluding tert-OH is 1. The number of halogens is 3. The summed E-state index contributed by atoms with van der Waals surface area (Å²) in [5.74, 6) is -0.699. The first kappa shape index (κ1) is 12.3. The number of rotatable bonds is 4. The first-order valence-corrected chi connectivity index (χ1v) is 4.82. The summed E-state index contributed by atoms with van der Waals surface area (Å²) in [6.45, 7) is -0.547. The fraction of sp³-hybridized carbons (Fsp3) is 0.889. The van der Waals surface area contributed by atoms with E-state index in [1.807, 2.05) is 0 Å². The van der Waals surface area contributed by atoms with Crippen molar-refractivity contribution in [1.82, 2.24) is 4.90 Å². The zero-order chi connectivity index (χ0) is 11.6. The summed E-state index contributed by atoms with van der Waals surface area (Å²) in [6, 6.07) is -0.439. The molecule has 1 saturated carbocycles. The topological polar surface area (TPSA) is 40.5 Å². The molecule has 3 nitrogen and oxygen atoms in total. The van der Waals surface area contributed by atoms with Gasteiger partial charge in [0.15, 0.2) is 0 Å². The number of aliphatic hydroxyl groups is 1. The fourth-order valence-electron chi connectivity index (χ4n) is 1.58. The van der Waals surface area contributed by atoms with Crippen LogP contribution >= 0.6 is 0 Å². The van der Waals surface area contributed by atoms with E-state index in [0.29, 0.717) is 0 Å². The number of amides is 1. The lowest BCUT2D eigenvalue weighted by Gasteiger charge is -2.29. The van der Waals surface area contributed by atoms with Gasteiger partial charge in [-0.1, -0.05) is 0 Å². The molecule has 1 rings (SSSR count). The number of alkyl halides is 3. The van der Waals surface area contributed by atoms with Gasteiger partial charge in [-0.05, 0) is 25.7 Å². The van der Waals surface area contributed by atoms with E-state index in [0.717, 1.165) is 17.7 Å². The highest BCUT2D eigenvalue weighted by Crippen LogP contribution is 2.36.